The third kappa shape index (κ3) is 3.26. The van der Waals surface area contributed by atoms with Gasteiger partial charge in [-0.05, 0) is 62.3 Å². The Morgan fingerprint density at radius 2 is 2.06 bits per heavy atom. The summed E-state index contributed by atoms with van der Waals surface area (Å²) in [6, 6.07) is 5.22. The van der Waals surface area contributed by atoms with Crippen LogP contribution in [0.5, 0.6) is 5.75 Å². The molecule has 1 saturated carbocycles. The summed E-state index contributed by atoms with van der Waals surface area (Å²) in [5.41, 5.74) is 3.92. The molecule has 2 nitrogen and oxygen atoms in total. The summed E-state index contributed by atoms with van der Waals surface area (Å²) in [5.74, 6) is 1.73. The molecule has 100 valence electrons. The van der Waals surface area contributed by atoms with Gasteiger partial charge < -0.3 is 10.1 Å². The summed E-state index contributed by atoms with van der Waals surface area (Å²) in [4.78, 5) is 0. The summed E-state index contributed by atoms with van der Waals surface area (Å²) >= 11 is 0. The van der Waals surface area contributed by atoms with Gasteiger partial charge in [0.25, 0.3) is 0 Å². The Balaban J connectivity index is 2.00. The van der Waals surface area contributed by atoms with Crippen LogP contribution in [-0.2, 0) is 6.42 Å². The lowest BCUT2D eigenvalue weighted by molar-refractivity contribution is 0.400. The Kier molecular flexibility index (Phi) is 4.28. The Bertz CT molecular complexity index is 410. The maximum atomic E-state index is 5.58. The Morgan fingerprint density at radius 1 is 1.33 bits per heavy atom. The molecule has 0 bridgehead atoms. The van der Waals surface area contributed by atoms with Gasteiger partial charge >= 0.3 is 0 Å². The van der Waals surface area contributed by atoms with Gasteiger partial charge in [0.05, 0.1) is 7.11 Å². The van der Waals surface area contributed by atoms with Gasteiger partial charge in [-0.1, -0.05) is 19.1 Å². The molecule has 0 heterocycles. The number of rotatable bonds is 6. The van der Waals surface area contributed by atoms with Gasteiger partial charge in [-0.15, -0.1) is 0 Å². The average molecular weight is 247 g/mol. The van der Waals surface area contributed by atoms with E-state index in [0.29, 0.717) is 5.92 Å². The van der Waals surface area contributed by atoms with E-state index in [4.69, 9.17) is 4.74 Å². The fourth-order valence-electron chi connectivity index (χ4n) is 2.39. The van der Waals surface area contributed by atoms with Gasteiger partial charge in [0, 0.05) is 6.04 Å². The molecule has 1 aromatic rings. The molecule has 0 amide bonds. The van der Waals surface area contributed by atoms with Crippen molar-refractivity contribution in [2.45, 2.75) is 46.1 Å². The van der Waals surface area contributed by atoms with Crippen LogP contribution in [-0.4, -0.2) is 19.7 Å². The monoisotopic (exact) mass is 247 g/mol. The molecule has 1 atom stereocenters. The minimum absolute atomic E-state index is 0.654. The number of methoxy groups -OCH3 is 1. The van der Waals surface area contributed by atoms with Crippen molar-refractivity contribution in [3.05, 3.63) is 28.8 Å². The van der Waals surface area contributed by atoms with Crippen molar-refractivity contribution in [1.29, 1.82) is 0 Å². The first-order valence-corrected chi connectivity index (χ1v) is 6.98. The average Bonchev–Trinajstić information content (AvgIpc) is 3.16. The molecule has 2 rings (SSSR count). The first-order chi connectivity index (χ1) is 8.61. The van der Waals surface area contributed by atoms with E-state index in [1.54, 1.807) is 7.11 Å². The van der Waals surface area contributed by atoms with Crippen LogP contribution in [0.15, 0.2) is 12.1 Å². The lowest BCUT2D eigenvalue weighted by Crippen LogP contribution is -2.24. The summed E-state index contributed by atoms with van der Waals surface area (Å²) in [7, 11) is 1.78. The van der Waals surface area contributed by atoms with Crippen molar-refractivity contribution in [3.8, 4) is 5.75 Å². The van der Waals surface area contributed by atoms with Crippen LogP contribution >= 0.6 is 0 Å². The van der Waals surface area contributed by atoms with Crippen LogP contribution < -0.4 is 10.1 Å². The quantitative estimate of drug-likeness (QED) is 0.833. The highest BCUT2D eigenvalue weighted by Gasteiger charge is 2.21. The molecule has 0 aliphatic heterocycles. The molecule has 1 aromatic carbocycles. The predicted molar refractivity (Wildman–Crippen MR) is 76.4 cm³/mol. The molecule has 0 aromatic heterocycles. The van der Waals surface area contributed by atoms with E-state index in [2.05, 4.69) is 38.2 Å². The SMILES string of the molecule is COc1c(CC(C)CNC2CC2)ccc(C)c1C. The maximum Gasteiger partial charge on any atom is 0.125 e. The summed E-state index contributed by atoms with van der Waals surface area (Å²) in [5, 5.41) is 3.60. The highest BCUT2D eigenvalue weighted by Crippen LogP contribution is 2.28. The maximum absolute atomic E-state index is 5.58. The third-order valence-corrected chi connectivity index (χ3v) is 3.86. The van der Waals surface area contributed by atoms with Crippen LogP contribution in [0.25, 0.3) is 0 Å². The number of ether oxygens (including phenoxy) is 1. The van der Waals surface area contributed by atoms with Crippen molar-refractivity contribution >= 4 is 0 Å². The molecule has 0 radical (unpaired) electrons. The number of aryl methyl sites for hydroxylation is 1. The number of hydrogen-bond acceptors (Lipinski definition) is 2. The van der Waals surface area contributed by atoms with Crippen LogP contribution in [0, 0.1) is 19.8 Å². The molecule has 1 unspecified atom stereocenters. The van der Waals surface area contributed by atoms with Crippen molar-refractivity contribution in [1.82, 2.24) is 5.32 Å². The summed E-state index contributed by atoms with van der Waals surface area (Å²) < 4.78 is 5.58. The standard InChI is InChI=1S/C16H25NO/c1-11(10-17-15-7-8-15)9-14-6-5-12(2)13(3)16(14)18-4/h5-6,11,15,17H,7-10H2,1-4H3. The zero-order chi connectivity index (χ0) is 13.1. The van der Waals surface area contributed by atoms with E-state index in [9.17, 15) is 0 Å². The van der Waals surface area contributed by atoms with Gasteiger partial charge in [-0.25, -0.2) is 0 Å². The number of benzene rings is 1. The van der Waals surface area contributed by atoms with Crippen molar-refractivity contribution in [2.75, 3.05) is 13.7 Å². The highest BCUT2D eigenvalue weighted by molar-refractivity contribution is 5.45. The molecule has 0 spiro atoms. The molecule has 1 aliphatic rings. The lowest BCUT2D eigenvalue weighted by atomic mass is 9.96. The first kappa shape index (κ1) is 13.4. The smallest absolute Gasteiger partial charge is 0.125 e. The fourth-order valence-corrected chi connectivity index (χ4v) is 2.39. The van der Waals surface area contributed by atoms with Gasteiger partial charge in [0.1, 0.15) is 5.75 Å². The second-order valence-corrected chi connectivity index (χ2v) is 5.69. The topological polar surface area (TPSA) is 21.3 Å². The predicted octanol–water partition coefficient (Wildman–Crippen LogP) is 3.24. The van der Waals surface area contributed by atoms with Gasteiger partial charge in [-0.2, -0.15) is 0 Å². The molecule has 1 N–H and O–H groups in total. The Hall–Kier alpha value is -1.02. The molecule has 2 heteroatoms. The summed E-state index contributed by atoms with van der Waals surface area (Å²) in [6.07, 6.45) is 3.81. The molecular formula is C16H25NO. The van der Waals surface area contributed by atoms with Crippen molar-refractivity contribution in [3.63, 3.8) is 0 Å². The van der Waals surface area contributed by atoms with Gasteiger partial charge in [0.2, 0.25) is 0 Å². The van der Waals surface area contributed by atoms with E-state index in [1.165, 1.54) is 29.5 Å². The molecule has 0 saturated heterocycles. The second-order valence-electron chi connectivity index (χ2n) is 5.69. The third-order valence-electron chi connectivity index (χ3n) is 3.86. The van der Waals surface area contributed by atoms with E-state index < -0.39 is 0 Å². The van der Waals surface area contributed by atoms with Crippen molar-refractivity contribution < 1.29 is 4.74 Å². The first-order valence-electron chi connectivity index (χ1n) is 6.98. The largest absolute Gasteiger partial charge is 0.496 e. The van der Waals surface area contributed by atoms with Gasteiger partial charge in [-0.3, -0.25) is 0 Å². The van der Waals surface area contributed by atoms with Crippen LogP contribution in [0.2, 0.25) is 0 Å². The van der Waals surface area contributed by atoms with Crippen molar-refractivity contribution in [2.24, 2.45) is 5.92 Å². The fraction of sp³-hybridized carbons (Fsp3) is 0.625. The van der Waals surface area contributed by atoms with Crippen LogP contribution in [0.4, 0.5) is 0 Å². The van der Waals surface area contributed by atoms with E-state index >= 15 is 0 Å². The molecule has 1 fully saturated rings. The molecule has 18 heavy (non-hydrogen) atoms. The number of nitrogens with one attached hydrogen (secondary N) is 1. The molecule has 1 aliphatic carbocycles. The van der Waals surface area contributed by atoms with Crippen LogP contribution in [0.3, 0.4) is 0 Å². The number of hydrogen-bond donors (Lipinski definition) is 1. The molecular weight excluding hydrogens is 222 g/mol. The van der Waals surface area contributed by atoms with E-state index in [1.807, 2.05) is 0 Å². The highest BCUT2D eigenvalue weighted by atomic mass is 16.5. The zero-order valence-electron chi connectivity index (χ0n) is 12.0. The van der Waals surface area contributed by atoms with E-state index in [0.717, 1.165) is 24.8 Å². The lowest BCUT2D eigenvalue weighted by Gasteiger charge is -2.17. The summed E-state index contributed by atoms with van der Waals surface area (Å²) in [6.45, 7) is 7.70. The van der Waals surface area contributed by atoms with Crippen LogP contribution in [0.1, 0.15) is 36.5 Å². The van der Waals surface area contributed by atoms with Gasteiger partial charge in [0.15, 0.2) is 0 Å². The zero-order valence-corrected chi connectivity index (χ0v) is 12.0. The Labute approximate surface area is 111 Å². The van der Waals surface area contributed by atoms with E-state index in [-0.39, 0.29) is 0 Å². The Morgan fingerprint density at radius 3 is 2.67 bits per heavy atom. The normalized spacial score (nSPS) is 16.7. The minimum atomic E-state index is 0.654. The second kappa shape index (κ2) is 5.75. The minimum Gasteiger partial charge on any atom is -0.496 e.